The van der Waals surface area contributed by atoms with Gasteiger partial charge in [0.2, 0.25) is 0 Å². The zero-order valence-electron chi connectivity index (χ0n) is 10.4. The van der Waals surface area contributed by atoms with E-state index in [1.54, 1.807) is 6.07 Å². The smallest absolute Gasteiger partial charge is 0.314 e. The summed E-state index contributed by atoms with van der Waals surface area (Å²) in [6.07, 6.45) is 2.12. The van der Waals surface area contributed by atoms with E-state index in [0.29, 0.717) is 23.7 Å². The highest BCUT2D eigenvalue weighted by molar-refractivity contribution is 5.78. The van der Waals surface area contributed by atoms with E-state index >= 15 is 0 Å². The second-order valence-electron chi connectivity index (χ2n) is 4.73. The van der Waals surface area contributed by atoms with Crippen molar-refractivity contribution in [3.8, 4) is 0 Å². The van der Waals surface area contributed by atoms with Crippen LogP contribution in [0.25, 0.3) is 11.0 Å². The van der Waals surface area contributed by atoms with Crippen LogP contribution in [0, 0.1) is 0 Å². The SMILES string of the molecule is O=c1[nH]c2ccc(NC3CCCOC3)cc2[nH]c1=O. The van der Waals surface area contributed by atoms with Crippen molar-refractivity contribution in [2.24, 2.45) is 0 Å². The predicted molar refractivity (Wildman–Crippen MR) is 72.7 cm³/mol. The van der Waals surface area contributed by atoms with Crippen LogP contribution in [0.1, 0.15) is 12.8 Å². The second kappa shape index (κ2) is 4.89. The molecule has 1 saturated heterocycles. The summed E-state index contributed by atoms with van der Waals surface area (Å²) in [5, 5.41) is 3.37. The van der Waals surface area contributed by atoms with Crippen LogP contribution in [0.15, 0.2) is 27.8 Å². The zero-order valence-corrected chi connectivity index (χ0v) is 10.4. The van der Waals surface area contributed by atoms with Crippen molar-refractivity contribution < 1.29 is 4.74 Å². The molecular formula is C13H15N3O3. The molecule has 6 nitrogen and oxygen atoms in total. The van der Waals surface area contributed by atoms with Gasteiger partial charge in [-0.15, -0.1) is 0 Å². The number of nitrogens with one attached hydrogen (secondary N) is 3. The summed E-state index contributed by atoms with van der Waals surface area (Å²) in [5.41, 5.74) is 0.881. The molecule has 1 fully saturated rings. The first kappa shape index (κ1) is 12.0. The van der Waals surface area contributed by atoms with Crippen LogP contribution < -0.4 is 16.4 Å². The average Bonchev–Trinajstić information content (AvgIpc) is 2.42. The van der Waals surface area contributed by atoms with E-state index in [1.165, 1.54) is 0 Å². The van der Waals surface area contributed by atoms with Crippen LogP contribution in [-0.2, 0) is 4.74 Å². The van der Waals surface area contributed by atoms with Gasteiger partial charge in [-0.3, -0.25) is 9.59 Å². The number of aromatic nitrogens is 2. The molecule has 1 aromatic heterocycles. The van der Waals surface area contributed by atoms with Crippen molar-refractivity contribution >= 4 is 16.7 Å². The predicted octanol–water partition coefficient (Wildman–Crippen LogP) is 0.807. The first-order valence-electron chi connectivity index (χ1n) is 6.33. The molecule has 1 aliphatic rings. The minimum absolute atomic E-state index is 0.292. The number of anilines is 1. The minimum Gasteiger partial charge on any atom is -0.380 e. The number of hydrogen-bond donors (Lipinski definition) is 3. The van der Waals surface area contributed by atoms with E-state index in [1.807, 2.05) is 12.1 Å². The Hall–Kier alpha value is -2.08. The second-order valence-corrected chi connectivity index (χ2v) is 4.73. The molecule has 1 aromatic carbocycles. The Labute approximate surface area is 108 Å². The van der Waals surface area contributed by atoms with Crippen molar-refractivity contribution in [3.05, 3.63) is 38.9 Å². The standard InChI is InChI=1S/C13H15N3O3/c17-12-13(18)16-11-6-8(3-4-10(11)15-12)14-9-2-1-5-19-7-9/h3-4,6,9,14H,1-2,5,7H2,(H,15,17)(H,16,18). The van der Waals surface area contributed by atoms with Gasteiger partial charge in [-0.1, -0.05) is 0 Å². The molecule has 0 amide bonds. The van der Waals surface area contributed by atoms with E-state index < -0.39 is 11.1 Å². The van der Waals surface area contributed by atoms with E-state index in [0.717, 1.165) is 25.1 Å². The quantitative estimate of drug-likeness (QED) is 0.698. The molecule has 100 valence electrons. The maximum atomic E-state index is 11.3. The summed E-state index contributed by atoms with van der Waals surface area (Å²) in [4.78, 5) is 27.6. The van der Waals surface area contributed by atoms with Gasteiger partial charge >= 0.3 is 11.1 Å². The van der Waals surface area contributed by atoms with Gasteiger partial charge in [0.1, 0.15) is 0 Å². The lowest BCUT2D eigenvalue weighted by molar-refractivity contribution is 0.0876. The van der Waals surface area contributed by atoms with Gasteiger partial charge in [-0.05, 0) is 31.0 Å². The van der Waals surface area contributed by atoms with Crippen molar-refractivity contribution in [2.45, 2.75) is 18.9 Å². The van der Waals surface area contributed by atoms with Gasteiger partial charge in [0, 0.05) is 18.3 Å². The van der Waals surface area contributed by atoms with Crippen molar-refractivity contribution in [2.75, 3.05) is 18.5 Å². The number of benzene rings is 1. The molecule has 2 heterocycles. The van der Waals surface area contributed by atoms with E-state index in [4.69, 9.17) is 4.74 Å². The molecule has 6 heteroatoms. The van der Waals surface area contributed by atoms with Crippen molar-refractivity contribution in [1.82, 2.24) is 9.97 Å². The lowest BCUT2D eigenvalue weighted by atomic mass is 10.1. The molecule has 1 aliphatic heterocycles. The molecular weight excluding hydrogens is 246 g/mol. The van der Waals surface area contributed by atoms with E-state index in [2.05, 4.69) is 15.3 Å². The summed E-state index contributed by atoms with van der Waals surface area (Å²) >= 11 is 0. The molecule has 0 radical (unpaired) electrons. The van der Waals surface area contributed by atoms with E-state index in [9.17, 15) is 9.59 Å². The average molecular weight is 261 g/mol. The fourth-order valence-electron chi connectivity index (χ4n) is 2.29. The number of hydrogen-bond acceptors (Lipinski definition) is 4. The van der Waals surface area contributed by atoms with Crippen LogP contribution in [0.4, 0.5) is 5.69 Å². The molecule has 19 heavy (non-hydrogen) atoms. The molecule has 0 bridgehead atoms. The third-order valence-electron chi connectivity index (χ3n) is 3.25. The summed E-state index contributed by atoms with van der Waals surface area (Å²) in [7, 11) is 0. The Kier molecular flexibility index (Phi) is 3.08. The Balaban J connectivity index is 1.90. The Morgan fingerprint density at radius 2 is 1.95 bits per heavy atom. The largest absolute Gasteiger partial charge is 0.380 e. The first-order valence-corrected chi connectivity index (χ1v) is 6.33. The highest BCUT2D eigenvalue weighted by Crippen LogP contribution is 2.17. The Morgan fingerprint density at radius 3 is 2.68 bits per heavy atom. The van der Waals surface area contributed by atoms with Crippen LogP contribution in [0.5, 0.6) is 0 Å². The molecule has 0 aliphatic carbocycles. The molecule has 2 aromatic rings. The topological polar surface area (TPSA) is 87.0 Å². The maximum absolute atomic E-state index is 11.3. The van der Waals surface area contributed by atoms with Gasteiger partial charge in [0.05, 0.1) is 17.6 Å². The van der Waals surface area contributed by atoms with Gasteiger partial charge < -0.3 is 20.0 Å². The fraction of sp³-hybridized carbons (Fsp3) is 0.385. The Bertz CT molecular complexity index is 698. The molecule has 1 unspecified atom stereocenters. The van der Waals surface area contributed by atoms with Gasteiger partial charge in [0.15, 0.2) is 0 Å². The van der Waals surface area contributed by atoms with Crippen LogP contribution in [0.3, 0.4) is 0 Å². The monoisotopic (exact) mass is 261 g/mol. The number of ether oxygens (including phenoxy) is 1. The van der Waals surface area contributed by atoms with Crippen LogP contribution in [-0.4, -0.2) is 29.2 Å². The van der Waals surface area contributed by atoms with Crippen LogP contribution in [0.2, 0.25) is 0 Å². The molecule has 1 atom stereocenters. The first-order chi connectivity index (χ1) is 9.22. The highest BCUT2D eigenvalue weighted by Gasteiger charge is 2.13. The zero-order chi connectivity index (χ0) is 13.2. The Morgan fingerprint density at radius 1 is 1.16 bits per heavy atom. The molecule has 3 N–H and O–H groups in total. The lowest BCUT2D eigenvalue weighted by Gasteiger charge is -2.24. The molecule has 3 rings (SSSR count). The van der Waals surface area contributed by atoms with Gasteiger partial charge in [-0.2, -0.15) is 0 Å². The number of fused-ring (bicyclic) bond motifs is 1. The van der Waals surface area contributed by atoms with Crippen molar-refractivity contribution in [3.63, 3.8) is 0 Å². The maximum Gasteiger partial charge on any atom is 0.314 e. The number of aromatic amines is 2. The highest BCUT2D eigenvalue weighted by atomic mass is 16.5. The van der Waals surface area contributed by atoms with Crippen molar-refractivity contribution in [1.29, 1.82) is 0 Å². The third kappa shape index (κ3) is 2.53. The molecule has 0 spiro atoms. The van der Waals surface area contributed by atoms with Gasteiger partial charge in [-0.25, -0.2) is 0 Å². The summed E-state index contributed by atoms with van der Waals surface area (Å²) < 4.78 is 5.41. The van der Waals surface area contributed by atoms with Gasteiger partial charge in [0.25, 0.3) is 0 Å². The number of H-pyrrole nitrogens is 2. The fourth-order valence-corrected chi connectivity index (χ4v) is 2.29. The third-order valence-corrected chi connectivity index (χ3v) is 3.25. The normalized spacial score (nSPS) is 19.5. The summed E-state index contributed by atoms with van der Waals surface area (Å²) in [6.45, 7) is 1.52. The summed E-state index contributed by atoms with van der Waals surface area (Å²) in [6, 6.07) is 5.77. The van der Waals surface area contributed by atoms with Crippen LogP contribution >= 0.6 is 0 Å². The van der Waals surface area contributed by atoms with E-state index in [-0.39, 0.29) is 0 Å². The lowest BCUT2D eigenvalue weighted by Crippen LogP contribution is -2.30. The minimum atomic E-state index is -0.634. The number of rotatable bonds is 2. The summed E-state index contributed by atoms with van der Waals surface area (Å²) in [5.74, 6) is 0. The molecule has 0 saturated carbocycles.